The summed E-state index contributed by atoms with van der Waals surface area (Å²) in [6, 6.07) is 13.0. The summed E-state index contributed by atoms with van der Waals surface area (Å²) in [4.78, 5) is 12.3. The molecule has 1 N–H and O–H groups in total. The second kappa shape index (κ2) is 8.24. The van der Waals surface area contributed by atoms with E-state index in [1.165, 1.54) is 0 Å². The van der Waals surface area contributed by atoms with Crippen molar-refractivity contribution >= 4 is 5.91 Å². The van der Waals surface area contributed by atoms with E-state index >= 15 is 0 Å². The Morgan fingerprint density at radius 2 is 1.62 bits per heavy atom. The van der Waals surface area contributed by atoms with Gasteiger partial charge in [0.1, 0.15) is 5.75 Å². The van der Waals surface area contributed by atoms with Crippen LogP contribution >= 0.6 is 0 Å². The lowest BCUT2D eigenvalue weighted by Gasteiger charge is -2.17. The predicted molar refractivity (Wildman–Crippen MR) is 92.8 cm³/mol. The lowest BCUT2D eigenvalue weighted by molar-refractivity contribution is -0.121. The number of carbonyl (C=O) groups excluding carboxylic acids is 1. The maximum atomic E-state index is 12.3. The highest BCUT2D eigenvalue weighted by Gasteiger charge is 2.14. The van der Waals surface area contributed by atoms with Crippen LogP contribution in [0.5, 0.6) is 17.2 Å². The van der Waals surface area contributed by atoms with E-state index in [9.17, 15) is 4.79 Å². The smallest absolute Gasteiger partial charge is 0.225 e. The van der Waals surface area contributed by atoms with E-state index in [1.807, 2.05) is 49.4 Å². The Hall–Kier alpha value is -2.69. The van der Waals surface area contributed by atoms with E-state index < -0.39 is 0 Å². The predicted octanol–water partition coefficient (Wildman–Crippen LogP) is 3.13. The molecule has 0 aliphatic rings. The maximum Gasteiger partial charge on any atom is 0.225 e. The van der Waals surface area contributed by atoms with Gasteiger partial charge in [0, 0.05) is 5.56 Å². The van der Waals surface area contributed by atoms with Gasteiger partial charge < -0.3 is 19.5 Å². The van der Waals surface area contributed by atoms with E-state index in [1.54, 1.807) is 21.3 Å². The molecular formula is C19H23NO4. The number of methoxy groups -OCH3 is 3. The fourth-order valence-corrected chi connectivity index (χ4v) is 2.52. The molecule has 0 saturated carbocycles. The van der Waals surface area contributed by atoms with Crippen LogP contribution in [0, 0.1) is 0 Å². The average molecular weight is 329 g/mol. The number of hydrogen-bond donors (Lipinski definition) is 1. The monoisotopic (exact) mass is 329 g/mol. The van der Waals surface area contributed by atoms with Gasteiger partial charge in [-0.3, -0.25) is 4.79 Å². The van der Waals surface area contributed by atoms with E-state index in [2.05, 4.69) is 5.32 Å². The van der Waals surface area contributed by atoms with Gasteiger partial charge >= 0.3 is 0 Å². The van der Waals surface area contributed by atoms with Crippen molar-refractivity contribution in [1.82, 2.24) is 5.32 Å². The third-order valence-corrected chi connectivity index (χ3v) is 3.83. The Bertz CT molecular complexity index is 700. The van der Waals surface area contributed by atoms with Crippen molar-refractivity contribution < 1.29 is 19.0 Å². The second-order valence-electron chi connectivity index (χ2n) is 5.39. The number of para-hydroxylation sites is 1. The second-order valence-corrected chi connectivity index (χ2v) is 5.39. The number of amides is 1. The lowest BCUT2D eigenvalue weighted by atomic mass is 10.1. The molecular weight excluding hydrogens is 306 g/mol. The SMILES string of the molecule is COc1ccccc1CC(=O)NC(C)c1ccc(OC)c(OC)c1. The first-order chi connectivity index (χ1) is 11.6. The Morgan fingerprint density at radius 3 is 2.29 bits per heavy atom. The third-order valence-electron chi connectivity index (χ3n) is 3.83. The molecule has 0 heterocycles. The van der Waals surface area contributed by atoms with Gasteiger partial charge in [0.25, 0.3) is 0 Å². The first-order valence-corrected chi connectivity index (χ1v) is 7.72. The van der Waals surface area contributed by atoms with Gasteiger partial charge in [0.15, 0.2) is 11.5 Å². The number of hydrogen-bond acceptors (Lipinski definition) is 4. The summed E-state index contributed by atoms with van der Waals surface area (Å²) in [6.45, 7) is 1.93. The molecule has 1 amide bonds. The lowest BCUT2D eigenvalue weighted by Crippen LogP contribution is -2.28. The summed E-state index contributed by atoms with van der Waals surface area (Å²) >= 11 is 0. The Balaban J connectivity index is 2.06. The largest absolute Gasteiger partial charge is 0.496 e. The van der Waals surface area contributed by atoms with Gasteiger partial charge in [0.2, 0.25) is 5.91 Å². The molecule has 1 atom stereocenters. The van der Waals surface area contributed by atoms with Gasteiger partial charge in [-0.25, -0.2) is 0 Å². The molecule has 0 aliphatic heterocycles. The zero-order valence-electron chi connectivity index (χ0n) is 14.5. The molecule has 0 aromatic heterocycles. The van der Waals surface area contributed by atoms with Gasteiger partial charge in [-0.1, -0.05) is 24.3 Å². The van der Waals surface area contributed by atoms with Crippen LogP contribution in [0.15, 0.2) is 42.5 Å². The zero-order valence-corrected chi connectivity index (χ0v) is 14.5. The number of ether oxygens (including phenoxy) is 3. The van der Waals surface area contributed by atoms with E-state index in [4.69, 9.17) is 14.2 Å². The molecule has 24 heavy (non-hydrogen) atoms. The molecule has 5 nitrogen and oxygen atoms in total. The average Bonchev–Trinajstić information content (AvgIpc) is 2.61. The zero-order chi connectivity index (χ0) is 17.5. The molecule has 0 radical (unpaired) electrons. The normalized spacial score (nSPS) is 11.5. The molecule has 0 bridgehead atoms. The summed E-state index contributed by atoms with van der Waals surface area (Å²) in [6.07, 6.45) is 0.266. The standard InChI is InChI=1S/C19H23NO4/c1-13(14-9-10-17(23-3)18(11-14)24-4)20-19(21)12-15-7-5-6-8-16(15)22-2/h5-11,13H,12H2,1-4H3,(H,20,21). The van der Waals surface area contributed by atoms with Crippen LogP contribution in [0.4, 0.5) is 0 Å². The van der Waals surface area contributed by atoms with E-state index in [-0.39, 0.29) is 18.4 Å². The summed E-state index contributed by atoms with van der Waals surface area (Å²) in [5, 5.41) is 2.99. The molecule has 0 spiro atoms. The maximum absolute atomic E-state index is 12.3. The fourth-order valence-electron chi connectivity index (χ4n) is 2.52. The quantitative estimate of drug-likeness (QED) is 0.848. The Kier molecular flexibility index (Phi) is 6.07. The van der Waals surface area contributed by atoms with Crippen molar-refractivity contribution in [2.45, 2.75) is 19.4 Å². The highest BCUT2D eigenvalue weighted by molar-refractivity contribution is 5.79. The third kappa shape index (κ3) is 4.19. The van der Waals surface area contributed by atoms with Crippen molar-refractivity contribution in [3.8, 4) is 17.2 Å². The van der Waals surface area contributed by atoms with Crippen LogP contribution in [-0.4, -0.2) is 27.2 Å². The van der Waals surface area contributed by atoms with Crippen molar-refractivity contribution in [3.63, 3.8) is 0 Å². The Morgan fingerprint density at radius 1 is 0.958 bits per heavy atom. The number of benzene rings is 2. The minimum absolute atomic E-state index is 0.0678. The van der Waals surface area contributed by atoms with Gasteiger partial charge in [-0.15, -0.1) is 0 Å². The topological polar surface area (TPSA) is 56.8 Å². The van der Waals surface area contributed by atoms with Gasteiger partial charge in [-0.05, 0) is 30.7 Å². The molecule has 2 aromatic rings. The summed E-state index contributed by atoms with van der Waals surface area (Å²) in [5.74, 6) is 1.95. The molecule has 1 unspecified atom stereocenters. The van der Waals surface area contributed by atoms with Gasteiger partial charge in [0.05, 0.1) is 33.8 Å². The minimum Gasteiger partial charge on any atom is -0.496 e. The van der Waals surface area contributed by atoms with Crippen LogP contribution in [0.1, 0.15) is 24.1 Å². The van der Waals surface area contributed by atoms with Crippen LogP contribution in [0.3, 0.4) is 0 Å². The van der Waals surface area contributed by atoms with Crippen molar-refractivity contribution in [2.24, 2.45) is 0 Å². The molecule has 0 fully saturated rings. The number of nitrogens with one attached hydrogen (secondary N) is 1. The minimum atomic E-state index is -0.146. The summed E-state index contributed by atoms with van der Waals surface area (Å²) in [5.41, 5.74) is 1.80. The van der Waals surface area contributed by atoms with Crippen LogP contribution in [0.25, 0.3) is 0 Å². The van der Waals surface area contributed by atoms with Crippen LogP contribution in [0.2, 0.25) is 0 Å². The molecule has 0 saturated heterocycles. The first-order valence-electron chi connectivity index (χ1n) is 7.72. The van der Waals surface area contributed by atoms with Crippen molar-refractivity contribution in [2.75, 3.05) is 21.3 Å². The Labute approximate surface area is 142 Å². The van der Waals surface area contributed by atoms with E-state index in [0.29, 0.717) is 17.2 Å². The number of carbonyl (C=O) groups is 1. The van der Waals surface area contributed by atoms with Crippen LogP contribution in [-0.2, 0) is 11.2 Å². The molecule has 5 heteroatoms. The molecule has 0 aliphatic carbocycles. The summed E-state index contributed by atoms with van der Waals surface area (Å²) in [7, 11) is 4.78. The first kappa shape index (κ1) is 17.7. The molecule has 2 rings (SSSR count). The van der Waals surface area contributed by atoms with Crippen LogP contribution < -0.4 is 19.5 Å². The highest BCUT2D eigenvalue weighted by atomic mass is 16.5. The molecule has 128 valence electrons. The number of rotatable bonds is 7. The van der Waals surface area contributed by atoms with Crippen molar-refractivity contribution in [3.05, 3.63) is 53.6 Å². The van der Waals surface area contributed by atoms with E-state index in [0.717, 1.165) is 11.1 Å². The van der Waals surface area contributed by atoms with Crippen molar-refractivity contribution in [1.29, 1.82) is 0 Å². The highest BCUT2D eigenvalue weighted by Crippen LogP contribution is 2.30. The van der Waals surface area contributed by atoms with Gasteiger partial charge in [-0.2, -0.15) is 0 Å². The fraction of sp³-hybridized carbons (Fsp3) is 0.316. The molecule has 2 aromatic carbocycles. The summed E-state index contributed by atoms with van der Waals surface area (Å²) < 4.78 is 15.8.